The van der Waals surface area contributed by atoms with E-state index in [1.807, 2.05) is 17.4 Å². The number of hydrogen-bond acceptors (Lipinski definition) is 4. The highest BCUT2D eigenvalue weighted by Gasteiger charge is 2.30. The largest absolute Gasteiger partial charge is 0.341 e. The highest BCUT2D eigenvalue weighted by molar-refractivity contribution is 7.18. The lowest BCUT2D eigenvalue weighted by Gasteiger charge is -2.35. The van der Waals surface area contributed by atoms with Gasteiger partial charge in [-0.2, -0.15) is 0 Å². The Labute approximate surface area is 165 Å². The summed E-state index contributed by atoms with van der Waals surface area (Å²) >= 11 is 1.81. The molecule has 2 aromatic rings. The minimum Gasteiger partial charge on any atom is -0.341 e. The molecular weight excluding hydrogens is 377 g/mol. The Morgan fingerprint density at radius 1 is 1.12 bits per heavy atom. The molecule has 0 saturated carbocycles. The Hall–Kier alpha value is -0.880. The Bertz CT molecular complexity index is 661. The molecule has 2 aliphatic rings. The van der Waals surface area contributed by atoms with Crippen LogP contribution in [-0.4, -0.2) is 41.5 Å². The first-order valence-electron chi connectivity index (χ1n) is 8.69. The zero-order valence-electron chi connectivity index (χ0n) is 14.1. The van der Waals surface area contributed by atoms with E-state index in [2.05, 4.69) is 28.4 Å². The maximum absolute atomic E-state index is 12.6. The number of fused-ring (bicyclic) bond motifs is 1. The molecule has 0 spiro atoms. The maximum atomic E-state index is 12.6. The first-order chi connectivity index (χ1) is 11.3. The molecule has 138 valence electrons. The molecule has 25 heavy (non-hydrogen) atoms. The van der Waals surface area contributed by atoms with Crippen LogP contribution in [0.1, 0.15) is 43.0 Å². The van der Waals surface area contributed by atoms with Gasteiger partial charge in [-0.05, 0) is 44.4 Å². The third kappa shape index (κ3) is 4.45. The number of likely N-dealkylation sites (tertiary alicyclic amines) is 1. The van der Waals surface area contributed by atoms with Gasteiger partial charge in [-0.3, -0.25) is 4.79 Å². The van der Waals surface area contributed by atoms with Gasteiger partial charge in [0.25, 0.3) is 0 Å². The molecule has 2 saturated heterocycles. The van der Waals surface area contributed by atoms with Gasteiger partial charge in [-0.1, -0.05) is 18.6 Å². The van der Waals surface area contributed by atoms with Crippen LogP contribution in [0.2, 0.25) is 0 Å². The van der Waals surface area contributed by atoms with Crippen LogP contribution in [-0.2, 0) is 4.79 Å². The van der Waals surface area contributed by atoms with Crippen LogP contribution in [0.4, 0.5) is 0 Å². The van der Waals surface area contributed by atoms with Gasteiger partial charge in [0, 0.05) is 19.0 Å². The number of nitrogens with one attached hydrogen (secondary N) is 1. The summed E-state index contributed by atoms with van der Waals surface area (Å²) in [5.41, 5.74) is 1.11. The monoisotopic (exact) mass is 401 g/mol. The second-order valence-corrected chi connectivity index (χ2v) is 7.68. The average Bonchev–Trinajstić information content (AvgIpc) is 3.06. The van der Waals surface area contributed by atoms with Crippen LogP contribution in [0.3, 0.4) is 0 Å². The number of halogens is 2. The molecule has 4 rings (SSSR count). The summed E-state index contributed by atoms with van der Waals surface area (Å²) in [5, 5.41) is 4.62. The van der Waals surface area contributed by atoms with E-state index in [9.17, 15) is 4.79 Å². The molecule has 1 aromatic heterocycles. The van der Waals surface area contributed by atoms with Crippen molar-refractivity contribution in [1.82, 2.24) is 15.2 Å². The van der Waals surface area contributed by atoms with Gasteiger partial charge >= 0.3 is 0 Å². The predicted octanol–water partition coefficient (Wildman–Crippen LogP) is 3.99. The molecule has 0 bridgehead atoms. The van der Waals surface area contributed by atoms with Crippen LogP contribution in [0.5, 0.6) is 0 Å². The highest BCUT2D eigenvalue weighted by atomic mass is 35.5. The molecule has 1 aromatic carbocycles. The number of carbonyl (C=O) groups is 1. The standard InChI is InChI=1S/C18H23N3OS.2ClH/c22-18(15-6-3-4-10-19-15)21-11-8-13(9-12-21)17-20-14-5-1-2-7-16(14)23-17;;/h1-2,5,7,13,15,19H,3-4,6,8-12H2;2*1H. The van der Waals surface area contributed by atoms with Crippen molar-refractivity contribution >= 4 is 52.3 Å². The zero-order valence-corrected chi connectivity index (χ0v) is 16.6. The number of rotatable bonds is 2. The van der Waals surface area contributed by atoms with Crippen molar-refractivity contribution in [2.45, 2.75) is 44.1 Å². The lowest BCUT2D eigenvalue weighted by atomic mass is 9.96. The van der Waals surface area contributed by atoms with E-state index >= 15 is 0 Å². The van der Waals surface area contributed by atoms with Crippen molar-refractivity contribution in [3.8, 4) is 0 Å². The van der Waals surface area contributed by atoms with E-state index in [1.165, 1.54) is 22.5 Å². The minimum absolute atomic E-state index is 0. The van der Waals surface area contributed by atoms with E-state index in [0.29, 0.717) is 11.8 Å². The van der Waals surface area contributed by atoms with Crippen molar-refractivity contribution < 1.29 is 4.79 Å². The summed E-state index contributed by atoms with van der Waals surface area (Å²) in [6.07, 6.45) is 5.45. The molecule has 0 aliphatic carbocycles. The zero-order chi connectivity index (χ0) is 15.6. The molecule has 1 N–H and O–H groups in total. The molecule has 7 heteroatoms. The lowest BCUT2D eigenvalue weighted by molar-refractivity contribution is -0.135. The van der Waals surface area contributed by atoms with Crippen LogP contribution in [0, 0.1) is 0 Å². The molecular formula is C18H25Cl2N3OS. The fraction of sp³-hybridized carbons (Fsp3) is 0.556. The maximum Gasteiger partial charge on any atom is 0.239 e. The number of piperidine rings is 2. The Morgan fingerprint density at radius 2 is 1.88 bits per heavy atom. The molecule has 2 aliphatic heterocycles. The van der Waals surface area contributed by atoms with Crippen LogP contribution >= 0.6 is 36.2 Å². The topological polar surface area (TPSA) is 45.2 Å². The van der Waals surface area contributed by atoms with Crippen molar-refractivity contribution in [3.63, 3.8) is 0 Å². The van der Waals surface area contributed by atoms with Crippen molar-refractivity contribution in [3.05, 3.63) is 29.3 Å². The number of aromatic nitrogens is 1. The summed E-state index contributed by atoms with van der Waals surface area (Å²) in [7, 11) is 0. The second kappa shape index (κ2) is 9.17. The second-order valence-electron chi connectivity index (χ2n) is 6.62. The highest BCUT2D eigenvalue weighted by Crippen LogP contribution is 2.34. The summed E-state index contributed by atoms with van der Waals surface area (Å²) in [4.78, 5) is 19.4. The SMILES string of the molecule is Cl.Cl.O=C(C1CCCCN1)N1CCC(c2nc3ccccc3s2)CC1. The Kier molecular flexibility index (Phi) is 7.50. The first-order valence-corrected chi connectivity index (χ1v) is 9.50. The van der Waals surface area contributed by atoms with Crippen LogP contribution in [0.25, 0.3) is 10.2 Å². The lowest BCUT2D eigenvalue weighted by Crippen LogP contribution is -2.50. The molecule has 1 atom stereocenters. The Balaban J connectivity index is 0.00000113. The minimum atomic E-state index is 0. The summed E-state index contributed by atoms with van der Waals surface area (Å²) in [6.45, 7) is 2.73. The normalized spacial score (nSPS) is 21.4. The van der Waals surface area contributed by atoms with Gasteiger partial charge in [0.1, 0.15) is 0 Å². The number of para-hydroxylation sites is 1. The molecule has 1 unspecified atom stereocenters. The third-order valence-electron chi connectivity index (χ3n) is 5.07. The van der Waals surface area contributed by atoms with Gasteiger partial charge < -0.3 is 10.2 Å². The number of carbonyl (C=O) groups excluding carboxylic acids is 1. The van der Waals surface area contributed by atoms with E-state index < -0.39 is 0 Å². The van der Waals surface area contributed by atoms with Crippen molar-refractivity contribution in [1.29, 1.82) is 0 Å². The number of benzene rings is 1. The molecule has 0 radical (unpaired) electrons. The quantitative estimate of drug-likeness (QED) is 0.826. The molecule has 3 heterocycles. The number of hydrogen-bond donors (Lipinski definition) is 1. The van der Waals surface area contributed by atoms with E-state index in [0.717, 1.165) is 44.4 Å². The van der Waals surface area contributed by atoms with Crippen LogP contribution in [0.15, 0.2) is 24.3 Å². The summed E-state index contributed by atoms with van der Waals surface area (Å²) in [5.74, 6) is 0.822. The van der Waals surface area contributed by atoms with Gasteiger partial charge in [-0.25, -0.2) is 4.98 Å². The fourth-order valence-electron chi connectivity index (χ4n) is 3.69. The van der Waals surface area contributed by atoms with Crippen molar-refractivity contribution in [2.75, 3.05) is 19.6 Å². The average molecular weight is 402 g/mol. The number of thiazole rings is 1. The number of amides is 1. The summed E-state index contributed by atoms with van der Waals surface area (Å²) < 4.78 is 1.27. The van der Waals surface area contributed by atoms with E-state index in [1.54, 1.807) is 0 Å². The summed E-state index contributed by atoms with van der Waals surface area (Å²) in [6, 6.07) is 8.40. The van der Waals surface area contributed by atoms with Crippen LogP contribution < -0.4 is 5.32 Å². The molecule has 2 fully saturated rings. The molecule has 4 nitrogen and oxygen atoms in total. The van der Waals surface area contributed by atoms with Crippen molar-refractivity contribution in [2.24, 2.45) is 0 Å². The predicted molar refractivity (Wildman–Crippen MR) is 108 cm³/mol. The third-order valence-corrected chi connectivity index (χ3v) is 6.27. The fourth-order valence-corrected chi connectivity index (χ4v) is 4.83. The first kappa shape index (κ1) is 20.4. The number of nitrogens with zero attached hydrogens (tertiary/aromatic N) is 2. The van der Waals surface area contributed by atoms with E-state index in [4.69, 9.17) is 4.98 Å². The van der Waals surface area contributed by atoms with E-state index in [-0.39, 0.29) is 30.9 Å². The Morgan fingerprint density at radius 3 is 2.56 bits per heavy atom. The van der Waals surface area contributed by atoms with Gasteiger partial charge in [0.15, 0.2) is 0 Å². The van der Waals surface area contributed by atoms with Gasteiger partial charge in [0.05, 0.1) is 21.3 Å². The van der Waals surface area contributed by atoms with Gasteiger partial charge in [0.2, 0.25) is 5.91 Å². The van der Waals surface area contributed by atoms with Gasteiger partial charge in [-0.15, -0.1) is 36.2 Å². The smallest absolute Gasteiger partial charge is 0.239 e. The molecule has 1 amide bonds.